The maximum absolute atomic E-state index is 5.56. The molecule has 1 aromatic heterocycles. The van der Waals surface area contributed by atoms with Gasteiger partial charge in [0, 0.05) is 6.42 Å². The van der Waals surface area contributed by atoms with Gasteiger partial charge in [-0.2, -0.15) is 0 Å². The normalized spacial score (nSPS) is 10.0. The molecule has 3 nitrogen and oxygen atoms in total. The van der Waals surface area contributed by atoms with Crippen molar-refractivity contribution in [2.75, 3.05) is 5.73 Å². The zero-order valence-corrected chi connectivity index (χ0v) is 5.64. The van der Waals surface area contributed by atoms with E-state index in [1.165, 1.54) is 0 Å². The highest BCUT2D eigenvalue weighted by Gasteiger charge is 2.04. The lowest BCUT2D eigenvalue weighted by Gasteiger charge is -1.86. The molecule has 0 saturated heterocycles. The van der Waals surface area contributed by atoms with Crippen LogP contribution in [0.15, 0.2) is 4.52 Å². The van der Waals surface area contributed by atoms with E-state index >= 15 is 0 Å². The van der Waals surface area contributed by atoms with Gasteiger partial charge in [0.15, 0.2) is 5.76 Å². The molecular formula is C6H10N2O. The second kappa shape index (κ2) is 2.09. The monoisotopic (exact) mass is 126 g/mol. The fourth-order valence-corrected chi connectivity index (χ4v) is 0.679. The maximum Gasteiger partial charge on any atom is 0.159 e. The quantitative estimate of drug-likeness (QED) is 0.613. The Balaban J connectivity index is 3.04. The molecule has 9 heavy (non-hydrogen) atoms. The Morgan fingerprint density at radius 2 is 2.33 bits per heavy atom. The molecule has 0 aliphatic heterocycles. The van der Waals surface area contributed by atoms with Crippen molar-refractivity contribution in [1.29, 1.82) is 0 Å². The molecule has 0 spiro atoms. The van der Waals surface area contributed by atoms with Gasteiger partial charge in [0.1, 0.15) is 5.69 Å². The van der Waals surface area contributed by atoms with Crippen molar-refractivity contribution >= 4 is 5.69 Å². The van der Waals surface area contributed by atoms with Gasteiger partial charge in [0.25, 0.3) is 0 Å². The van der Waals surface area contributed by atoms with E-state index in [4.69, 9.17) is 10.3 Å². The molecule has 0 amide bonds. The number of nitrogen functional groups attached to an aromatic ring is 1. The van der Waals surface area contributed by atoms with E-state index in [1.54, 1.807) is 0 Å². The summed E-state index contributed by atoms with van der Waals surface area (Å²) >= 11 is 0. The third kappa shape index (κ3) is 0.896. The number of aryl methyl sites for hydroxylation is 2. The van der Waals surface area contributed by atoms with Crippen LogP contribution in [0.1, 0.15) is 18.4 Å². The van der Waals surface area contributed by atoms with Crippen LogP contribution in [-0.2, 0) is 6.42 Å². The largest absolute Gasteiger partial charge is 0.394 e. The summed E-state index contributed by atoms with van der Waals surface area (Å²) in [6.45, 7) is 3.81. The lowest BCUT2D eigenvalue weighted by molar-refractivity contribution is 0.383. The second-order valence-corrected chi connectivity index (χ2v) is 1.96. The first kappa shape index (κ1) is 6.13. The number of aromatic nitrogens is 1. The number of nitrogens with two attached hydrogens (primary N) is 1. The van der Waals surface area contributed by atoms with Gasteiger partial charge in [-0.25, -0.2) is 0 Å². The van der Waals surface area contributed by atoms with Crippen molar-refractivity contribution in [2.24, 2.45) is 0 Å². The minimum absolute atomic E-state index is 0.692. The van der Waals surface area contributed by atoms with Gasteiger partial charge in [0.05, 0.1) is 5.69 Å². The molecule has 0 bridgehead atoms. The average Bonchev–Trinajstić information content (AvgIpc) is 2.15. The highest BCUT2D eigenvalue weighted by Crippen LogP contribution is 2.14. The van der Waals surface area contributed by atoms with Gasteiger partial charge in [-0.1, -0.05) is 12.1 Å². The number of rotatable bonds is 1. The maximum atomic E-state index is 5.56. The number of nitrogens with zero attached hydrogens (tertiary/aromatic N) is 1. The lowest BCUT2D eigenvalue weighted by atomic mass is 10.3. The van der Waals surface area contributed by atoms with Crippen LogP contribution in [0.4, 0.5) is 5.69 Å². The predicted octanol–water partition coefficient (Wildman–Crippen LogP) is 1.13. The van der Waals surface area contributed by atoms with E-state index in [2.05, 4.69) is 5.16 Å². The smallest absolute Gasteiger partial charge is 0.159 e. The molecule has 0 unspecified atom stereocenters. The Morgan fingerprint density at radius 3 is 2.56 bits per heavy atom. The van der Waals surface area contributed by atoms with Crippen LogP contribution in [-0.4, -0.2) is 5.16 Å². The van der Waals surface area contributed by atoms with Crippen molar-refractivity contribution in [3.8, 4) is 0 Å². The Hall–Kier alpha value is -0.990. The molecule has 0 radical (unpaired) electrons. The van der Waals surface area contributed by atoms with Crippen molar-refractivity contribution in [1.82, 2.24) is 5.16 Å². The Labute approximate surface area is 53.8 Å². The molecule has 3 heteroatoms. The lowest BCUT2D eigenvalue weighted by Crippen LogP contribution is -1.88. The number of hydrogen-bond donors (Lipinski definition) is 1. The summed E-state index contributed by atoms with van der Waals surface area (Å²) in [4.78, 5) is 0. The predicted molar refractivity (Wildman–Crippen MR) is 35.0 cm³/mol. The van der Waals surface area contributed by atoms with Crippen LogP contribution in [0.5, 0.6) is 0 Å². The van der Waals surface area contributed by atoms with Crippen molar-refractivity contribution < 1.29 is 4.52 Å². The molecular weight excluding hydrogens is 116 g/mol. The summed E-state index contributed by atoms with van der Waals surface area (Å²) in [6, 6.07) is 0. The molecule has 0 aromatic carbocycles. The first-order valence-corrected chi connectivity index (χ1v) is 2.96. The molecule has 1 aromatic rings. The van der Waals surface area contributed by atoms with Gasteiger partial charge >= 0.3 is 0 Å². The Kier molecular flexibility index (Phi) is 1.42. The first-order valence-electron chi connectivity index (χ1n) is 2.96. The highest BCUT2D eigenvalue weighted by atomic mass is 16.5. The van der Waals surface area contributed by atoms with Crippen molar-refractivity contribution in [3.05, 3.63) is 11.5 Å². The van der Waals surface area contributed by atoms with Gasteiger partial charge in [0.2, 0.25) is 0 Å². The standard InChI is InChI=1S/C6H10N2O/c1-3-5-6(7)4(2)8-9-5/h3,7H2,1-2H3. The molecule has 0 fully saturated rings. The summed E-state index contributed by atoms with van der Waals surface area (Å²) in [5, 5.41) is 3.69. The summed E-state index contributed by atoms with van der Waals surface area (Å²) in [5.41, 5.74) is 7.03. The second-order valence-electron chi connectivity index (χ2n) is 1.96. The summed E-state index contributed by atoms with van der Waals surface area (Å²) in [5.74, 6) is 0.785. The summed E-state index contributed by atoms with van der Waals surface area (Å²) in [7, 11) is 0. The van der Waals surface area contributed by atoms with Gasteiger partial charge < -0.3 is 10.3 Å². The van der Waals surface area contributed by atoms with Crippen LogP contribution >= 0.6 is 0 Å². The molecule has 0 aliphatic rings. The van der Waals surface area contributed by atoms with Crippen LogP contribution < -0.4 is 5.73 Å². The van der Waals surface area contributed by atoms with E-state index in [0.29, 0.717) is 5.69 Å². The van der Waals surface area contributed by atoms with E-state index in [1.807, 2.05) is 13.8 Å². The summed E-state index contributed by atoms with van der Waals surface area (Å²) in [6.07, 6.45) is 0.812. The number of anilines is 1. The molecule has 50 valence electrons. The van der Waals surface area contributed by atoms with Crippen LogP contribution in [0.3, 0.4) is 0 Å². The van der Waals surface area contributed by atoms with Gasteiger partial charge in [-0.05, 0) is 6.92 Å². The molecule has 0 atom stereocenters. The van der Waals surface area contributed by atoms with Crippen molar-refractivity contribution in [2.45, 2.75) is 20.3 Å². The van der Waals surface area contributed by atoms with Gasteiger partial charge in [-0.3, -0.25) is 0 Å². The Morgan fingerprint density at radius 1 is 1.67 bits per heavy atom. The zero-order valence-electron chi connectivity index (χ0n) is 5.64. The van der Waals surface area contributed by atoms with E-state index in [-0.39, 0.29) is 0 Å². The van der Waals surface area contributed by atoms with E-state index in [0.717, 1.165) is 17.9 Å². The minimum atomic E-state index is 0.692. The van der Waals surface area contributed by atoms with E-state index < -0.39 is 0 Å². The molecule has 1 heterocycles. The molecule has 0 saturated carbocycles. The minimum Gasteiger partial charge on any atom is -0.394 e. The van der Waals surface area contributed by atoms with Gasteiger partial charge in [-0.15, -0.1) is 0 Å². The topological polar surface area (TPSA) is 52.0 Å². The molecule has 0 aliphatic carbocycles. The van der Waals surface area contributed by atoms with Crippen LogP contribution in [0.25, 0.3) is 0 Å². The fourth-order valence-electron chi connectivity index (χ4n) is 0.679. The van der Waals surface area contributed by atoms with E-state index in [9.17, 15) is 0 Å². The zero-order chi connectivity index (χ0) is 6.85. The summed E-state index contributed by atoms with van der Waals surface area (Å²) < 4.78 is 4.87. The average molecular weight is 126 g/mol. The third-order valence-corrected chi connectivity index (χ3v) is 1.30. The van der Waals surface area contributed by atoms with Crippen molar-refractivity contribution in [3.63, 3.8) is 0 Å². The SMILES string of the molecule is CCc1onc(C)c1N. The molecule has 2 N–H and O–H groups in total. The highest BCUT2D eigenvalue weighted by molar-refractivity contribution is 5.44. The van der Waals surface area contributed by atoms with Crippen LogP contribution in [0, 0.1) is 6.92 Å². The first-order chi connectivity index (χ1) is 4.25. The van der Waals surface area contributed by atoms with Crippen LogP contribution in [0.2, 0.25) is 0 Å². The Bertz CT molecular complexity index is 205. The molecule has 1 rings (SSSR count). The fraction of sp³-hybridized carbons (Fsp3) is 0.500. The number of hydrogen-bond acceptors (Lipinski definition) is 3. The third-order valence-electron chi connectivity index (χ3n) is 1.30.